The molecule has 9 heteroatoms. The van der Waals surface area contributed by atoms with Gasteiger partial charge >= 0.3 is 5.97 Å². The maximum atomic E-state index is 12.9. The lowest BCUT2D eigenvalue weighted by Gasteiger charge is -2.35. The number of amides is 2. The van der Waals surface area contributed by atoms with Crippen molar-refractivity contribution in [3.8, 4) is 0 Å². The van der Waals surface area contributed by atoms with Gasteiger partial charge in [-0.05, 0) is 24.6 Å². The van der Waals surface area contributed by atoms with Crippen molar-refractivity contribution in [1.82, 2.24) is 0 Å². The summed E-state index contributed by atoms with van der Waals surface area (Å²) in [7, 11) is 0. The van der Waals surface area contributed by atoms with Gasteiger partial charge in [-0.1, -0.05) is 13.0 Å². The minimum Gasteiger partial charge on any atom is -0.479 e. The molecule has 0 spiro atoms. The largest absolute Gasteiger partial charge is 0.479 e. The van der Waals surface area contributed by atoms with Gasteiger partial charge in [0.25, 0.3) is 11.8 Å². The first-order chi connectivity index (χ1) is 13.5. The van der Waals surface area contributed by atoms with Crippen LogP contribution in [0.1, 0.15) is 13.3 Å². The Morgan fingerprint density at radius 3 is 2.64 bits per heavy atom. The Morgan fingerprint density at radius 2 is 1.96 bits per heavy atom. The summed E-state index contributed by atoms with van der Waals surface area (Å²) in [6.07, 6.45) is -1.95. The molecule has 1 aromatic rings. The molecule has 152 valence electrons. The van der Waals surface area contributed by atoms with Gasteiger partial charge in [0.15, 0.2) is 12.2 Å². The molecular formula is C19H24N2O7. The predicted molar refractivity (Wildman–Crippen MR) is 99.4 cm³/mol. The van der Waals surface area contributed by atoms with Crippen molar-refractivity contribution in [3.05, 3.63) is 24.3 Å². The molecular weight excluding hydrogens is 368 g/mol. The van der Waals surface area contributed by atoms with Gasteiger partial charge in [-0.3, -0.25) is 9.59 Å². The molecule has 28 heavy (non-hydrogen) atoms. The van der Waals surface area contributed by atoms with E-state index in [1.54, 1.807) is 29.2 Å². The molecule has 0 bridgehead atoms. The van der Waals surface area contributed by atoms with Crippen LogP contribution in [-0.4, -0.2) is 74.6 Å². The first-order valence-electron chi connectivity index (χ1n) is 9.28. The molecule has 0 aliphatic carbocycles. The molecule has 0 saturated carbocycles. The van der Waals surface area contributed by atoms with E-state index in [9.17, 15) is 19.5 Å². The summed E-state index contributed by atoms with van der Waals surface area (Å²) in [4.78, 5) is 39.7. The van der Waals surface area contributed by atoms with Crippen LogP contribution in [0, 0.1) is 0 Å². The van der Waals surface area contributed by atoms with E-state index in [1.807, 2.05) is 6.92 Å². The van der Waals surface area contributed by atoms with Crippen LogP contribution in [0.4, 0.5) is 11.4 Å². The van der Waals surface area contributed by atoms with Crippen molar-refractivity contribution in [2.75, 3.05) is 49.3 Å². The molecule has 2 amide bonds. The number of carbonyl (C=O) groups is 3. The van der Waals surface area contributed by atoms with Gasteiger partial charge in [0.05, 0.1) is 13.2 Å². The van der Waals surface area contributed by atoms with Crippen LogP contribution in [0.3, 0.4) is 0 Å². The lowest BCUT2D eigenvalue weighted by Crippen LogP contribution is -2.55. The maximum absolute atomic E-state index is 12.9. The number of morpholine rings is 2. The van der Waals surface area contributed by atoms with Crippen molar-refractivity contribution >= 4 is 29.2 Å². The Morgan fingerprint density at radius 1 is 1.25 bits per heavy atom. The van der Waals surface area contributed by atoms with E-state index in [-0.39, 0.29) is 32.3 Å². The average molecular weight is 392 g/mol. The van der Waals surface area contributed by atoms with Gasteiger partial charge < -0.3 is 29.1 Å². The summed E-state index contributed by atoms with van der Waals surface area (Å²) < 4.78 is 15.9. The molecule has 2 fully saturated rings. The van der Waals surface area contributed by atoms with E-state index in [0.717, 1.165) is 0 Å². The van der Waals surface area contributed by atoms with Crippen LogP contribution in [0.25, 0.3) is 0 Å². The second-order valence-corrected chi connectivity index (χ2v) is 6.53. The van der Waals surface area contributed by atoms with Crippen molar-refractivity contribution < 1.29 is 33.7 Å². The number of ether oxygens (including phenoxy) is 3. The van der Waals surface area contributed by atoms with E-state index in [4.69, 9.17) is 14.2 Å². The smallest absolute Gasteiger partial charge is 0.336 e. The van der Waals surface area contributed by atoms with Gasteiger partial charge in [-0.2, -0.15) is 0 Å². The van der Waals surface area contributed by atoms with Crippen LogP contribution < -0.4 is 9.80 Å². The predicted octanol–water partition coefficient (Wildman–Crippen LogP) is 0.661. The van der Waals surface area contributed by atoms with Crippen LogP contribution in [0.2, 0.25) is 0 Å². The molecule has 2 aliphatic heterocycles. The number of hydrogen-bond acceptors (Lipinski definition) is 6. The summed E-state index contributed by atoms with van der Waals surface area (Å²) in [6.45, 7) is 3.47. The third-order valence-corrected chi connectivity index (χ3v) is 4.58. The van der Waals surface area contributed by atoms with Crippen LogP contribution in [0.15, 0.2) is 24.3 Å². The third-order valence-electron chi connectivity index (χ3n) is 4.58. The SMILES string of the molecule is CCCOC(C(=O)O)C1OCCN(c2cccc(N3CCOCC3=O)c2)C1=O. The summed E-state index contributed by atoms with van der Waals surface area (Å²) in [6, 6.07) is 7.04. The standard InChI is InChI=1S/C19H24N2O7/c1-2-8-27-17(19(24)25)16-18(23)21(7-10-28-16)14-5-3-4-13(11-14)20-6-9-26-12-15(20)22/h3-5,11,16-17H,2,6-10,12H2,1H3,(H,24,25). The highest BCUT2D eigenvalue weighted by atomic mass is 16.6. The molecule has 0 radical (unpaired) electrons. The number of aliphatic carboxylic acids is 1. The molecule has 3 rings (SSSR count). The summed E-state index contributed by atoms with van der Waals surface area (Å²) >= 11 is 0. The van der Waals surface area contributed by atoms with Crippen LogP contribution in [0.5, 0.6) is 0 Å². The Labute approximate surface area is 162 Å². The molecule has 1 aromatic carbocycles. The average Bonchev–Trinajstić information content (AvgIpc) is 2.69. The van der Waals surface area contributed by atoms with E-state index < -0.39 is 24.1 Å². The minimum atomic E-state index is -1.36. The van der Waals surface area contributed by atoms with E-state index >= 15 is 0 Å². The quantitative estimate of drug-likeness (QED) is 0.727. The number of carboxylic acids is 1. The molecule has 2 aliphatic rings. The highest BCUT2D eigenvalue weighted by molar-refractivity contribution is 6.01. The van der Waals surface area contributed by atoms with Crippen molar-refractivity contribution in [1.29, 1.82) is 0 Å². The molecule has 2 unspecified atom stereocenters. The summed E-state index contributed by atoms with van der Waals surface area (Å²) in [5.41, 5.74) is 1.24. The molecule has 2 heterocycles. The topological polar surface area (TPSA) is 106 Å². The molecule has 0 aromatic heterocycles. The first kappa shape index (κ1) is 20.2. The van der Waals surface area contributed by atoms with Crippen molar-refractivity contribution in [3.63, 3.8) is 0 Å². The number of carboxylic acid groups (broad SMARTS) is 1. The van der Waals surface area contributed by atoms with Gasteiger partial charge in [0, 0.05) is 31.1 Å². The van der Waals surface area contributed by atoms with Gasteiger partial charge in [-0.25, -0.2) is 4.79 Å². The normalized spacial score (nSPS) is 21.7. The molecule has 2 atom stereocenters. The Balaban J connectivity index is 1.81. The Hall–Kier alpha value is -2.49. The number of carbonyl (C=O) groups excluding carboxylic acids is 2. The lowest BCUT2D eigenvalue weighted by atomic mass is 10.1. The fourth-order valence-electron chi connectivity index (χ4n) is 3.23. The van der Waals surface area contributed by atoms with E-state index in [0.29, 0.717) is 30.9 Å². The van der Waals surface area contributed by atoms with Gasteiger partial charge in [0.2, 0.25) is 0 Å². The van der Waals surface area contributed by atoms with Crippen molar-refractivity contribution in [2.45, 2.75) is 25.6 Å². The second kappa shape index (κ2) is 9.13. The fraction of sp³-hybridized carbons (Fsp3) is 0.526. The fourth-order valence-corrected chi connectivity index (χ4v) is 3.23. The van der Waals surface area contributed by atoms with Crippen LogP contribution >= 0.6 is 0 Å². The number of anilines is 2. The monoisotopic (exact) mass is 392 g/mol. The van der Waals surface area contributed by atoms with Crippen molar-refractivity contribution in [2.24, 2.45) is 0 Å². The highest BCUT2D eigenvalue weighted by Crippen LogP contribution is 2.27. The number of benzene rings is 1. The zero-order chi connectivity index (χ0) is 20.1. The van der Waals surface area contributed by atoms with E-state index in [1.165, 1.54) is 4.90 Å². The van der Waals surface area contributed by atoms with E-state index in [2.05, 4.69) is 0 Å². The number of hydrogen-bond donors (Lipinski definition) is 1. The highest BCUT2D eigenvalue weighted by Gasteiger charge is 2.41. The Bertz CT molecular complexity index is 739. The lowest BCUT2D eigenvalue weighted by molar-refractivity contribution is -0.169. The molecule has 9 nitrogen and oxygen atoms in total. The zero-order valence-corrected chi connectivity index (χ0v) is 15.7. The second-order valence-electron chi connectivity index (χ2n) is 6.53. The third kappa shape index (κ3) is 4.32. The van der Waals surface area contributed by atoms with Gasteiger partial charge in [0.1, 0.15) is 6.61 Å². The minimum absolute atomic E-state index is 0.0256. The van der Waals surface area contributed by atoms with Crippen LogP contribution in [-0.2, 0) is 28.6 Å². The summed E-state index contributed by atoms with van der Waals surface area (Å²) in [5.74, 6) is -1.85. The molecule has 2 saturated heterocycles. The Kier molecular flexibility index (Phi) is 6.61. The maximum Gasteiger partial charge on any atom is 0.336 e. The number of nitrogens with zero attached hydrogens (tertiary/aromatic N) is 2. The summed E-state index contributed by atoms with van der Waals surface area (Å²) in [5, 5.41) is 9.44. The molecule has 1 N–H and O–H groups in total. The number of rotatable bonds is 7. The first-order valence-corrected chi connectivity index (χ1v) is 9.28. The zero-order valence-electron chi connectivity index (χ0n) is 15.7. The van der Waals surface area contributed by atoms with Gasteiger partial charge in [-0.15, -0.1) is 0 Å².